The van der Waals surface area contributed by atoms with Gasteiger partial charge in [-0.2, -0.15) is 0 Å². The minimum absolute atomic E-state index is 0.525. The summed E-state index contributed by atoms with van der Waals surface area (Å²) < 4.78 is 0. The van der Waals surface area contributed by atoms with Crippen molar-refractivity contribution in [2.24, 2.45) is 0 Å². The Labute approximate surface area is 104 Å². The number of hydrogen-bond donors (Lipinski definition) is 2. The first-order chi connectivity index (χ1) is 8.20. The van der Waals surface area contributed by atoms with Crippen LogP contribution in [0.2, 0.25) is 0 Å². The number of aryl methyl sites for hydroxylation is 1. The third kappa shape index (κ3) is 2.65. The largest absolute Gasteiger partial charge is 0.385 e. The van der Waals surface area contributed by atoms with Gasteiger partial charge in [0.2, 0.25) is 6.41 Å². The van der Waals surface area contributed by atoms with Crippen molar-refractivity contribution in [3.8, 4) is 0 Å². The normalized spacial score (nSPS) is 14.5. The van der Waals surface area contributed by atoms with Crippen LogP contribution in [0, 0.1) is 6.92 Å². The first-order valence-corrected chi connectivity index (χ1v) is 5.56. The Kier molecular flexibility index (Phi) is 3.44. The number of amides is 1. The zero-order valence-electron chi connectivity index (χ0n) is 9.33. The molecule has 4 nitrogen and oxygen atoms in total. The van der Waals surface area contributed by atoms with Crippen LogP contribution in [-0.2, 0) is 4.79 Å². The Bertz CT molecular complexity index is 508. The van der Waals surface area contributed by atoms with Crippen LogP contribution in [0.4, 0.5) is 5.82 Å². The molecule has 0 radical (unpaired) electrons. The second kappa shape index (κ2) is 5.01. The Hall–Kier alpha value is -1.81. The average Bonchev–Trinajstić information content (AvgIpc) is 2.32. The highest BCUT2D eigenvalue weighted by Gasteiger charge is 2.10. The molecule has 2 heterocycles. The molecular formula is C12H12ClN3O. The van der Waals surface area contributed by atoms with Crippen molar-refractivity contribution >= 4 is 29.4 Å². The summed E-state index contributed by atoms with van der Waals surface area (Å²) >= 11 is 5.97. The van der Waals surface area contributed by atoms with Crippen molar-refractivity contribution in [2.75, 3.05) is 11.9 Å². The zero-order chi connectivity index (χ0) is 12.3. The van der Waals surface area contributed by atoms with Gasteiger partial charge in [-0.25, -0.2) is 4.98 Å². The number of halogens is 1. The molecule has 0 saturated heterocycles. The average molecular weight is 250 g/mol. The molecule has 0 fully saturated rings. The van der Waals surface area contributed by atoms with Gasteiger partial charge in [0.1, 0.15) is 5.82 Å². The Balaban J connectivity index is 2.40. The van der Waals surface area contributed by atoms with Crippen molar-refractivity contribution in [1.29, 1.82) is 0 Å². The summed E-state index contributed by atoms with van der Waals surface area (Å²) in [7, 11) is 0. The predicted octanol–water partition coefficient (Wildman–Crippen LogP) is 2.03. The van der Waals surface area contributed by atoms with E-state index < -0.39 is 0 Å². The number of nitrogens with one attached hydrogen (secondary N) is 2. The molecule has 88 valence electrons. The number of pyridine rings is 1. The van der Waals surface area contributed by atoms with E-state index in [2.05, 4.69) is 15.6 Å². The number of anilines is 1. The van der Waals surface area contributed by atoms with Crippen LogP contribution in [0.3, 0.4) is 0 Å². The lowest BCUT2D eigenvalue weighted by atomic mass is 10.1. The molecular weight excluding hydrogens is 238 g/mol. The number of rotatable bonds is 3. The Morgan fingerprint density at radius 1 is 1.53 bits per heavy atom. The molecule has 2 rings (SSSR count). The van der Waals surface area contributed by atoms with Gasteiger partial charge in [0.05, 0.1) is 12.2 Å². The van der Waals surface area contributed by atoms with E-state index in [4.69, 9.17) is 11.6 Å². The van der Waals surface area contributed by atoms with Crippen molar-refractivity contribution in [1.82, 2.24) is 10.3 Å². The fraction of sp³-hybridized carbons (Fsp3) is 0.167. The molecule has 1 amide bonds. The van der Waals surface area contributed by atoms with Crippen molar-refractivity contribution in [3.63, 3.8) is 0 Å². The number of carbonyl (C=O) groups is 1. The summed E-state index contributed by atoms with van der Waals surface area (Å²) in [5, 5.41) is 6.34. The smallest absolute Gasteiger partial charge is 0.212 e. The van der Waals surface area contributed by atoms with Crippen molar-refractivity contribution in [3.05, 3.63) is 40.7 Å². The second-order valence-corrected chi connectivity index (χ2v) is 4.18. The van der Waals surface area contributed by atoms with Gasteiger partial charge in [-0.05, 0) is 24.6 Å². The zero-order valence-corrected chi connectivity index (χ0v) is 10.1. The highest BCUT2D eigenvalue weighted by atomic mass is 35.5. The minimum atomic E-state index is 0.525. The van der Waals surface area contributed by atoms with E-state index in [1.807, 2.05) is 25.3 Å². The molecule has 0 unspecified atom stereocenters. The van der Waals surface area contributed by atoms with E-state index in [1.165, 1.54) is 0 Å². The van der Waals surface area contributed by atoms with Gasteiger partial charge in [0.15, 0.2) is 0 Å². The van der Waals surface area contributed by atoms with E-state index in [-0.39, 0.29) is 0 Å². The first kappa shape index (κ1) is 11.7. The minimum Gasteiger partial charge on any atom is -0.385 e. The third-order valence-electron chi connectivity index (χ3n) is 2.42. The summed E-state index contributed by atoms with van der Waals surface area (Å²) in [4.78, 5) is 14.8. The maximum atomic E-state index is 10.4. The molecule has 1 aromatic rings. The van der Waals surface area contributed by atoms with Crippen molar-refractivity contribution in [2.45, 2.75) is 6.92 Å². The van der Waals surface area contributed by atoms with Gasteiger partial charge in [-0.15, -0.1) is 0 Å². The number of carbonyl (C=O) groups excluding carboxylic acids is 1. The van der Waals surface area contributed by atoms with E-state index in [0.717, 1.165) is 21.9 Å². The SMILES string of the molecule is Cc1ccc(NC=O)nc1C1=CNCC(Cl)=C1. The maximum Gasteiger partial charge on any atom is 0.212 e. The number of hydrogen-bond acceptors (Lipinski definition) is 3. The molecule has 17 heavy (non-hydrogen) atoms. The highest BCUT2D eigenvalue weighted by molar-refractivity contribution is 6.30. The van der Waals surface area contributed by atoms with E-state index in [1.54, 1.807) is 6.07 Å². The predicted molar refractivity (Wildman–Crippen MR) is 68.6 cm³/mol. The highest BCUT2D eigenvalue weighted by Crippen LogP contribution is 2.23. The maximum absolute atomic E-state index is 10.4. The van der Waals surface area contributed by atoms with Crippen LogP contribution in [0.5, 0.6) is 0 Å². The molecule has 0 spiro atoms. The fourth-order valence-corrected chi connectivity index (χ4v) is 1.81. The van der Waals surface area contributed by atoms with Crippen LogP contribution >= 0.6 is 11.6 Å². The molecule has 1 aliphatic rings. The van der Waals surface area contributed by atoms with Crippen LogP contribution in [0.1, 0.15) is 11.3 Å². The lowest BCUT2D eigenvalue weighted by Crippen LogP contribution is -2.13. The summed E-state index contributed by atoms with van der Waals surface area (Å²) in [5.41, 5.74) is 2.74. The first-order valence-electron chi connectivity index (χ1n) is 5.18. The third-order valence-corrected chi connectivity index (χ3v) is 2.66. The molecule has 0 aliphatic carbocycles. The van der Waals surface area contributed by atoms with Gasteiger partial charge in [-0.1, -0.05) is 17.7 Å². The molecule has 0 saturated carbocycles. The molecule has 2 N–H and O–H groups in total. The topological polar surface area (TPSA) is 54.0 Å². The van der Waals surface area contributed by atoms with Crippen LogP contribution < -0.4 is 10.6 Å². The summed E-state index contributed by atoms with van der Waals surface area (Å²) in [5.74, 6) is 0.525. The molecule has 0 atom stereocenters. The monoisotopic (exact) mass is 249 g/mol. The summed E-state index contributed by atoms with van der Waals surface area (Å²) in [6.45, 7) is 2.60. The summed E-state index contributed by atoms with van der Waals surface area (Å²) in [6.07, 6.45) is 4.35. The van der Waals surface area contributed by atoms with E-state index >= 15 is 0 Å². The lowest BCUT2D eigenvalue weighted by molar-refractivity contribution is -0.105. The van der Waals surface area contributed by atoms with Crippen molar-refractivity contribution < 1.29 is 4.79 Å². The molecule has 0 bridgehead atoms. The van der Waals surface area contributed by atoms with Gasteiger partial charge in [0, 0.05) is 16.8 Å². The molecule has 1 aliphatic heterocycles. The molecule has 0 aromatic carbocycles. The lowest BCUT2D eigenvalue weighted by Gasteiger charge is -2.13. The number of aromatic nitrogens is 1. The van der Waals surface area contributed by atoms with Gasteiger partial charge < -0.3 is 10.6 Å². The molecule has 5 heteroatoms. The van der Waals surface area contributed by atoms with E-state index in [0.29, 0.717) is 18.8 Å². The van der Waals surface area contributed by atoms with Crippen LogP contribution in [-0.4, -0.2) is 17.9 Å². The number of dihydropyridines is 1. The number of allylic oxidation sites excluding steroid dienone is 2. The Morgan fingerprint density at radius 3 is 3.06 bits per heavy atom. The molecule has 1 aromatic heterocycles. The van der Waals surface area contributed by atoms with Crippen LogP contribution in [0.15, 0.2) is 29.4 Å². The van der Waals surface area contributed by atoms with Gasteiger partial charge in [0.25, 0.3) is 0 Å². The van der Waals surface area contributed by atoms with Gasteiger partial charge in [-0.3, -0.25) is 4.79 Å². The standard InChI is InChI=1S/C12H12ClN3O/c1-8-2-3-11(15-7-17)16-12(8)9-4-10(13)6-14-5-9/h2-5,7,14H,6H2,1H3,(H,15,16,17). The second-order valence-electron chi connectivity index (χ2n) is 3.70. The number of nitrogens with zero attached hydrogens (tertiary/aromatic N) is 1. The Morgan fingerprint density at radius 2 is 2.35 bits per heavy atom. The quantitative estimate of drug-likeness (QED) is 0.806. The summed E-state index contributed by atoms with van der Waals surface area (Å²) in [6, 6.07) is 3.67. The van der Waals surface area contributed by atoms with E-state index in [9.17, 15) is 4.79 Å². The fourth-order valence-electron chi connectivity index (χ4n) is 1.62. The van der Waals surface area contributed by atoms with Gasteiger partial charge >= 0.3 is 0 Å². The van der Waals surface area contributed by atoms with Crippen LogP contribution in [0.25, 0.3) is 5.57 Å².